The monoisotopic (exact) mass is 497 g/mol. The van der Waals surface area contributed by atoms with Gasteiger partial charge in [0, 0.05) is 31.5 Å². The molecule has 0 spiro atoms. The number of hydrogen-bond acceptors (Lipinski definition) is 11. The molecule has 0 bridgehead atoms. The van der Waals surface area contributed by atoms with E-state index < -0.39 is 0 Å². The van der Waals surface area contributed by atoms with Gasteiger partial charge in [0.2, 0.25) is 11.8 Å². The number of ether oxygens (including phenoxy) is 3. The molecule has 4 heterocycles. The van der Waals surface area contributed by atoms with Gasteiger partial charge < -0.3 is 29.1 Å². The Kier molecular flexibility index (Phi) is 7.53. The lowest BCUT2D eigenvalue weighted by molar-refractivity contribution is 0.122. The molecule has 1 aliphatic heterocycles. The van der Waals surface area contributed by atoms with E-state index in [0.717, 1.165) is 61.2 Å². The number of morpholine rings is 1. The second-order valence-electron chi connectivity index (χ2n) is 8.66. The highest BCUT2D eigenvalue weighted by Crippen LogP contribution is 2.33. The van der Waals surface area contributed by atoms with E-state index in [1.165, 1.54) is 11.9 Å². The standard InChI is InChI=1S/C24H31N7O3S/c1-32-19-14-26-24(27-15-19)28-16-3-5-18(6-4-16)34-23-20-11-17(30-35-2)13-25-21(20)12-22(29-23)31-7-9-33-10-8-31/h11-16,18,30H,3-10H2,1-2H3,(H,26,27,28). The Labute approximate surface area is 209 Å². The van der Waals surface area contributed by atoms with Crippen molar-refractivity contribution in [3.63, 3.8) is 0 Å². The lowest BCUT2D eigenvalue weighted by Crippen LogP contribution is -2.37. The topological polar surface area (TPSA) is 107 Å². The third-order valence-electron chi connectivity index (χ3n) is 6.34. The van der Waals surface area contributed by atoms with Crippen LogP contribution >= 0.6 is 11.9 Å². The first-order valence-electron chi connectivity index (χ1n) is 11.9. The van der Waals surface area contributed by atoms with Crippen LogP contribution in [0.3, 0.4) is 0 Å². The zero-order valence-corrected chi connectivity index (χ0v) is 20.9. The fourth-order valence-electron chi connectivity index (χ4n) is 4.46. The first-order valence-corrected chi connectivity index (χ1v) is 13.2. The van der Waals surface area contributed by atoms with Gasteiger partial charge in [-0.25, -0.2) is 9.97 Å². The molecule has 2 aliphatic rings. The van der Waals surface area contributed by atoms with Crippen LogP contribution in [0, 0.1) is 0 Å². The average Bonchev–Trinajstić information content (AvgIpc) is 2.91. The van der Waals surface area contributed by atoms with E-state index in [4.69, 9.17) is 24.2 Å². The molecule has 0 amide bonds. The number of hydrogen-bond donors (Lipinski definition) is 2. The minimum atomic E-state index is 0.0950. The molecule has 11 heteroatoms. The van der Waals surface area contributed by atoms with Crippen molar-refractivity contribution in [3.8, 4) is 11.6 Å². The van der Waals surface area contributed by atoms with Crippen molar-refractivity contribution in [2.24, 2.45) is 0 Å². The maximum absolute atomic E-state index is 6.54. The fourth-order valence-corrected chi connectivity index (χ4v) is 4.81. The van der Waals surface area contributed by atoms with E-state index in [9.17, 15) is 0 Å². The van der Waals surface area contributed by atoms with Gasteiger partial charge in [0.15, 0.2) is 5.75 Å². The van der Waals surface area contributed by atoms with E-state index >= 15 is 0 Å². The molecule has 0 aromatic carbocycles. The van der Waals surface area contributed by atoms with Gasteiger partial charge in [0.25, 0.3) is 0 Å². The summed E-state index contributed by atoms with van der Waals surface area (Å²) < 4.78 is 20.5. The quantitative estimate of drug-likeness (QED) is 0.444. The molecule has 2 N–H and O–H groups in total. The lowest BCUT2D eigenvalue weighted by atomic mass is 9.93. The zero-order valence-electron chi connectivity index (χ0n) is 20.1. The molecule has 1 saturated carbocycles. The Balaban J connectivity index is 1.30. The second-order valence-corrected chi connectivity index (χ2v) is 9.28. The van der Waals surface area contributed by atoms with Crippen molar-refractivity contribution < 1.29 is 14.2 Å². The molecule has 3 aromatic rings. The van der Waals surface area contributed by atoms with Crippen molar-refractivity contribution in [2.45, 2.75) is 37.8 Å². The number of pyridine rings is 2. The zero-order chi connectivity index (χ0) is 24.0. The van der Waals surface area contributed by atoms with Crippen LogP contribution in [0.2, 0.25) is 0 Å². The Hall–Kier alpha value is -3.05. The number of fused-ring (bicyclic) bond motifs is 1. The molecule has 1 aliphatic carbocycles. The van der Waals surface area contributed by atoms with Crippen LogP contribution in [0.4, 0.5) is 17.5 Å². The Bertz CT molecular complexity index is 1120. The number of aromatic nitrogens is 4. The van der Waals surface area contributed by atoms with Gasteiger partial charge in [-0.2, -0.15) is 4.98 Å². The van der Waals surface area contributed by atoms with Crippen molar-refractivity contribution >= 4 is 40.3 Å². The maximum atomic E-state index is 6.54. The second kappa shape index (κ2) is 11.1. The van der Waals surface area contributed by atoms with Gasteiger partial charge in [-0.15, -0.1) is 0 Å². The van der Waals surface area contributed by atoms with Crippen molar-refractivity contribution in [3.05, 3.63) is 30.7 Å². The predicted molar refractivity (Wildman–Crippen MR) is 139 cm³/mol. The Morgan fingerprint density at radius 1 is 1.03 bits per heavy atom. The van der Waals surface area contributed by atoms with Crippen LogP contribution in [0.5, 0.6) is 11.6 Å². The number of nitrogens with one attached hydrogen (secondary N) is 2. The van der Waals surface area contributed by atoms with E-state index in [0.29, 0.717) is 36.8 Å². The molecular weight excluding hydrogens is 466 g/mol. The highest BCUT2D eigenvalue weighted by Gasteiger charge is 2.25. The number of anilines is 3. The van der Waals surface area contributed by atoms with Crippen LogP contribution in [-0.4, -0.2) is 71.8 Å². The van der Waals surface area contributed by atoms with Gasteiger partial charge in [0.05, 0.1) is 55.5 Å². The van der Waals surface area contributed by atoms with Gasteiger partial charge in [0.1, 0.15) is 11.9 Å². The average molecular weight is 498 g/mol. The highest BCUT2D eigenvalue weighted by molar-refractivity contribution is 7.99. The first-order chi connectivity index (χ1) is 17.2. The van der Waals surface area contributed by atoms with Crippen LogP contribution < -0.4 is 24.4 Å². The number of methoxy groups -OCH3 is 1. The lowest BCUT2D eigenvalue weighted by Gasteiger charge is -2.31. The molecule has 0 atom stereocenters. The number of rotatable bonds is 8. The van der Waals surface area contributed by atoms with E-state index in [1.807, 2.05) is 18.5 Å². The van der Waals surface area contributed by atoms with Gasteiger partial charge in [-0.3, -0.25) is 4.98 Å². The Morgan fingerprint density at radius 3 is 2.51 bits per heavy atom. The van der Waals surface area contributed by atoms with E-state index in [1.54, 1.807) is 19.5 Å². The van der Waals surface area contributed by atoms with E-state index in [2.05, 4.69) is 31.0 Å². The first kappa shape index (κ1) is 23.7. The molecular formula is C24H31N7O3S. The van der Waals surface area contributed by atoms with Crippen LogP contribution in [-0.2, 0) is 4.74 Å². The smallest absolute Gasteiger partial charge is 0.225 e. The molecule has 1 saturated heterocycles. The third kappa shape index (κ3) is 5.79. The van der Waals surface area contributed by atoms with Crippen molar-refractivity contribution in [1.29, 1.82) is 0 Å². The number of nitrogens with zero attached hydrogens (tertiary/aromatic N) is 5. The predicted octanol–water partition coefficient (Wildman–Crippen LogP) is 3.76. The summed E-state index contributed by atoms with van der Waals surface area (Å²) >= 11 is 1.54. The summed E-state index contributed by atoms with van der Waals surface area (Å²) in [5.74, 6) is 2.81. The van der Waals surface area contributed by atoms with Gasteiger partial charge in [-0.05, 0) is 31.7 Å². The van der Waals surface area contributed by atoms with Crippen molar-refractivity contribution in [1.82, 2.24) is 19.9 Å². The molecule has 35 heavy (non-hydrogen) atoms. The molecule has 10 nitrogen and oxygen atoms in total. The summed E-state index contributed by atoms with van der Waals surface area (Å²) in [7, 11) is 1.61. The molecule has 0 radical (unpaired) electrons. The summed E-state index contributed by atoms with van der Waals surface area (Å²) in [6, 6.07) is 4.43. The molecule has 2 fully saturated rings. The fraction of sp³-hybridized carbons (Fsp3) is 0.500. The molecule has 0 unspecified atom stereocenters. The third-order valence-corrected chi connectivity index (χ3v) is 6.78. The van der Waals surface area contributed by atoms with Crippen molar-refractivity contribution in [2.75, 3.05) is 54.6 Å². The molecule has 186 valence electrons. The summed E-state index contributed by atoms with van der Waals surface area (Å²) in [5.41, 5.74) is 1.82. The van der Waals surface area contributed by atoms with Crippen LogP contribution in [0.15, 0.2) is 30.7 Å². The summed E-state index contributed by atoms with van der Waals surface area (Å²) in [6.07, 6.45) is 11.1. The van der Waals surface area contributed by atoms with Crippen LogP contribution in [0.1, 0.15) is 25.7 Å². The summed E-state index contributed by atoms with van der Waals surface area (Å²) in [4.78, 5) is 20.5. The molecule has 3 aromatic heterocycles. The van der Waals surface area contributed by atoms with Crippen LogP contribution in [0.25, 0.3) is 10.9 Å². The Morgan fingerprint density at radius 2 is 1.80 bits per heavy atom. The minimum Gasteiger partial charge on any atom is -0.494 e. The summed E-state index contributed by atoms with van der Waals surface area (Å²) in [5, 5.41) is 4.36. The maximum Gasteiger partial charge on any atom is 0.225 e. The largest absolute Gasteiger partial charge is 0.494 e. The normalized spacial score (nSPS) is 20.5. The van der Waals surface area contributed by atoms with Gasteiger partial charge in [-0.1, -0.05) is 11.9 Å². The minimum absolute atomic E-state index is 0.0950. The SMILES string of the molecule is COc1cnc(NC2CCC(Oc3nc(N4CCOCC4)cc4ncc(NSC)cc34)CC2)nc1. The highest BCUT2D eigenvalue weighted by atomic mass is 32.2. The van der Waals surface area contributed by atoms with Gasteiger partial charge >= 0.3 is 0 Å². The van der Waals surface area contributed by atoms with E-state index in [-0.39, 0.29) is 6.10 Å². The summed E-state index contributed by atoms with van der Waals surface area (Å²) in [6.45, 7) is 3.03. The molecule has 5 rings (SSSR count).